The van der Waals surface area contributed by atoms with E-state index in [0.29, 0.717) is 13.1 Å². The van der Waals surface area contributed by atoms with Gasteiger partial charge < -0.3 is 15.0 Å². The van der Waals surface area contributed by atoms with Crippen LogP contribution >= 0.6 is 0 Å². The van der Waals surface area contributed by atoms with Gasteiger partial charge in [0.15, 0.2) is 0 Å². The maximum atomic E-state index is 12.3. The summed E-state index contributed by atoms with van der Waals surface area (Å²) in [5.41, 5.74) is 0.511. The van der Waals surface area contributed by atoms with Crippen LogP contribution in [0, 0.1) is 0 Å². The maximum absolute atomic E-state index is 12.3. The number of nitrogens with one attached hydrogen (secondary N) is 1. The minimum absolute atomic E-state index is 0.232. The molecule has 1 rings (SSSR count). The Balaban J connectivity index is 2.86. The predicted octanol–water partition coefficient (Wildman–Crippen LogP) is 2.84. The molecular weight excluding hydrogens is 308 g/mol. The van der Waals surface area contributed by atoms with Gasteiger partial charge in [0.1, 0.15) is 0 Å². The first-order valence-corrected chi connectivity index (χ1v) is 8.41. The second kappa shape index (κ2) is 10.4. The summed E-state index contributed by atoms with van der Waals surface area (Å²) < 4.78 is 4.96. The van der Waals surface area contributed by atoms with Crippen LogP contribution < -0.4 is 5.32 Å². The largest absolute Gasteiger partial charge is 0.462 e. The minimum Gasteiger partial charge on any atom is -0.462 e. The summed E-state index contributed by atoms with van der Waals surface area (Å²) in [4.78, 5) is 38.1. The summed E-state index contributed by atoms with van der Waals surface area (Å²) in [7, 11) is 0. The zero-order valence-electron chi connectivity index (χ0n) is 14.6. The highest BCUT2D eigenvalue weighted by Gasteiger charge is 2.22. The standard InChI is InChI=1S/C18H26N2O4/c1-4-7-13-20(12-5-2)17(22)16(21)19-15-11-9-8-10-14(15)18(23)24-6-3/h8-11H,4-7,12-13H2,1-3H3,(H,19,21). The summed E-state index contributed by atoms with van der Waals surface area (Å²) in [6.45, 7) is 7.02. The number of hydrogen-bond acceptors (Lipinski definition) is 4. The summed E-state index contributed by atoms with van der Waals surface area (Å²) in [5.74, 6) is -1.85. The van der Waals surface area contributed by atoms with Gasteiger partial charge in [-0.15, -0.1) is 0 Å². The van der Waals surface area contributed by atoms with Crippen molar-refractivity contribution in [3.8, 4) is 0 Å². The lowest BCUT2D eigenvalue weighted by molar-refractivity contribution is -0.143. The lowest BCUT2D eigenvalue weighted by Crippen LogP contribution is -2.40. The first-order valence-electron chi connectivity index (χ1n) is 8.41. The molecule has 0 saturated carbocycles. The number of ether oxygens (including phenoxy) is 1. The van der Waals surface area contributed by atoms with Crippen LogP contribution in [0.5, 0.6) is 0 Å². The molecule has 0 bridgehead atoms. The SMILES string of the molecule is CCCCN(CCC)C(=O)C(=O)Nc1ccccc1C(=O)OCC. The molecule has 132 valence electrons. The van der Waals surface area contributed by atoms with Crippen molar-refractivity contribution in [2.75, 3.05) is 25.0 Å². The van der Waals surface area contributed by atoms with Crippen LogP contribution in [-0.2, 0) is 14.3 Å². The van der Waals surface area contributed by atoms with Crippen LogP contribution in [0.15, 0.2) is 24.3 Å². The number of carbonyl (C=O) groups excluding carboxylic acids is 3. The van der Waals surface area contributed by atoms with Crippen molar-refractivity contribution in [1.82, 2.24) is 4.90 Å². The van der Waals surface area contributed by atoms with Crippen molar-refractivity contribution in [3.63, 3.8) is 0 Å². The van der Waals surface area contributed by atoms with Gasteiger partial charge in [-0.2, -0.15) is 0 Å². The molecule has 6 nitrogen and oxygen atoms in total. The van der Waals surface area contributed by atoms with E-state index >= 15 is 0 Å². The fourth-order valence-corrected chi connectivity index (χ4v) is 2.23. The van der Waals surface area contributed by atoms with Gasteiger partial charge >= 0.3 is 17.8 Å². The van der Waals surface area contributed by atoms with Gasteiger partial charge in [0.2, 0.25) is 0 Å². The first kappa shape index (κ1) is 19.7. The van der Waals surface area contributed by atoms with Crippen LogP contribution in [0.1, 0.15) is 50.4 Å². The van der Waals surface area contributed by atoms with E-state index in [2.05, 4.69) is 5.32 Å². The van der Waals surface area contributed by atoms with E-state index in [1.54, 1.807) is 36.1 Å². The summed E-state index contributed by atoms with van der Waals surface area (Å²) >= 11 is 0. The van der Waals surface area contributed by atoms with Crippen LogP contribution in [0.2, 0.25) is 0 Å². The van der Waals surface area contributed by atoms with E-state index in [0.717, 1.165) is 19.3 Å². The monoisotopic (exact) mass is 334 g/mol. The third-order valence-corrected chi connectivity index (χ3v) is 3.43. The first-order chi connectivity index (χ1) is 11.5. The molecule has 2 amide bonds. The van der Waals surface area contributed by atoms with Gasteiger partial charge in [0.05, 0.1) is 17.9 Å². The van der Waals surface area contributed by atoms with E-state index in [1.165, 1.54) is 0 Å². The Morgan fingerprint density at radius 2 is 1.75 bits per heavy atom. The highest BCUT2D eigenvalue weighted by Crippen LogP contribution is 2.16. The normalized spacial score (nSPS) is 10.1. The molecule has 6 heteroatoms. The van der Waals surface area contributed by atoms with Crippen LogP contribution in [0.3, 0.4) is 0 Å². The molecule has 0 heterocycles. The Morgan fingerprint density at radius 3 is 2.38 bits per heavy atom. The third kappa shape index (κ3) is 5.68. The average molecular weight is 334 g/mol. The quantitative estimate of drug-likeness (QED) is 0.586. The van der Waals surface area contributed by atoms with Crippen molar-refractivity contribution in [3.05, 3.63) is 29.8 Å². The topological polar surface area (TPSA) is 75.7 Å². The number of unbranched alkanes of at least 4 members (excludes halogenated alkanes) is 1. The van der Waals surface area contributed by atoms with Crippen LogP contribution in [0.4, 0.5) is 5.69 Å². The lowest BCUT2D eigenvalue weighted by atomic mass is 10.1. The molecule has 0 atom stereocenters. The van der Waals surface area contributed by atoms with Crippen molar-refractivity contribution in [1.29, 1.82) is 0 Å². The number of esters is 1. The molecule has 0 aliphatic heterocycles. The van der Waals surface area contributed by atoms with Crippen molar-refractivity contribution >= 4 is 23.5 Å². The highest BCUT2D eigenvalue weighted by atomic mass is 16.5. The molecule has 0 aliphatic carbocycles. The summed E-state index contributed by atoms with van der Waals surface area (Å²) in [6.07, 6.45) is 2.57. The van der Waals surface area contributed by atoms with E-state index in [-0.39, 0.29) is 17.9 Å². The zero-order chi connectivity index (χ0) is 17.9. The summed E-state index contributed by atoms with van der Waals surface area (Å²) in [5, 5.41) is 2.53. The van der Waals surface area contributed by atoms with Crippen molar-refractivity contribution in [2.45, 2.75) is 40.0 Å². The smallest absolute Gasteiger partial charge is 0.340 e. The molecule has 1 aromatic carbocycles. The molecule has 0 aromatic heterocycles. The van der Waals surface area contributed by atoms with Gasteiger partial charge in [-0.1, -0.05) is 32.4 Å². The molecular formula is C18H26N2O4. The zero-order valence-corrected chi connectivity index (χ0v) is 14.6. The van der Waals surface area contributed by atoms with Gasteiger partial charge in [0.25, 0.3) is 0 Å². The van der Waals surface area contributed by atoms with E-state index < -0.39 is 17.8 Å². The minimum atomic E-state index is -0.740. The number of anilines is 1. The second-order valence-corrected chi connectivity index (χ2v) is 5.37. The van der Waals surface area contributed by atoms with E-state index in [4.69, 9.17) is 4.74 Å². The number of nitrogens with zero attached hydrogens (tertiary/aromatic N) is 1. The van der Waals surface area contributed by atoms with Crippen molar-refractivity contribution < 1.29 is 19.1 Å². The fourth-order valence-electron chi connectivity index (χ4n) is 2.23. The number of rotatable bonds is 8. The second-order valence-electron chi connectivity index (χ2n) is 5.37. The summed E-state index contributed by atoms with van der Waals surface area (Å²) in [6, 6.07) is 6.49. The Bertz CT molecular complexity index is 572. The predicted molar refractivity (Wildman–Crippen MR) is 92.8 cm³/mol. The highest BCUT2D eigenvalue weighted by molar-refractivity contribution is 6.39. The maximum Gasteiger partial charge on any atom is 0.340 e. The van der Waals surface area contributed by atoms with Gasteiger partial charge in [-0.05, 0) is 31.9 Å². The third-order valence-electron chi connectivity index (χ3n) is 3.43. The Hall–Kier alpha value is -2.37. The Labute approximate surface area is 143 Å². The molecule has 1 N–H and O–H groups in total. The molecule has 0 radical (unpaired) electrons. The fraction of sp³-hybridized carbons (Fsp3) is 0.500. The molecule has 24 heavy (non-hydrogen) atoms. The number of para-hydroxylation sites is 1. The Morgan fingerprint density at radius 1 is 1.04 bits per heavy atom. The number of benzene rings is 1. The average Bonchev–Trinajstić information content (AvgIpc) is 2.58. The van der Waals surface area contributed by atoms with Gasteiger partial charge in [-0.25, -0.2) is 4.79 Å². The number of hydrogen-bond donors (Lipinski definition) is 1. The molecule has 0 aliphatic rings. The molecule has 1 aromatic rings. The molecule has 0 saturated heterocycles. The van der Waals surface area contributed by atoms with E-state index in [1.807, 2.05) is 13.8 Å². The van der Waals surface area contributed by atoms with Gasteiger partial charge in [0, 0.05) is 13.1 Å². The Kier molecular flexibility index (Phi) is 8.54. The number of amides is 2. The lowest BCUT2D eigenvalue weighted by Gasteiger charge is -2.21. The van der Waals surface area contributed by atoms with Crippen molar-refractivity contribution in [2.24, 2.45) is 0 Å². The molecule has 0 spiro atoms. The number of carbonyl (C=O) groups is 3. The molecule has 0 unspecified atom stereocenters. The van der Waals surface area contributed by atoms with Gasteiger partial charge in [-0.3, -0.25) is 9.59 Å². The van der Waals surface area contributed by atoms with Crippen LogP contribution in [-0.4, -0.2) is 42.4 Å². The van der Waals surface area contributed by atoms with E-state index in [9.17, 15) is 14.4 Å². The molecule has 0 fully saturated rings. The van der Waals surface area contributed by atoms with Crippen LogP contribution in [0.25, 0.3) is 0 Å².